The maximum atomic E-state index is 12.1. The van der Waals surface area contributed by atoms with Gasteiger partial charge in [-0.15, -0.1) is 21.5 Å². The third kappa shape index (κ3) is 3.48. The smallest absolute Gasteiger partial charge is 0.224 e. The molecule has 3 aromatic rings. The summed E-state index contributed by atoms with van der Waals surface area (Å²) < 4.78 is 12.4. The minimum Gasteiger partial charge on any atom is -0.493 e. The highest BCUT2D eigenvalue weighted by atomic mass is 32.1. The standard InChI is InChI=1S/C16H18N4O3S/c1-22-13-4-3-11(7-14(13)23-2)8-15(21)17-6-5-12-9-24-16-19-18-10-20(12)16/h3-4,7,9-10H,5-6,8H2,1-2H3,(H,17,21). The largest absolute Gasteiger partial charge is 0.493 e. The molecule has 8 heteroatoms. The number of aromatic nitrogens is 3. The van der Waals surface area contributed by atoms with Gasteiger partial charge in [0.25, 0.3) is 0 Å². The molecule has 0 radical (unpaired) electrons. The molecule has 0 saturated carbocycles. The van der Waals surface area contributed by atoms with E-state index < -0.39 is 0 Å². The van der Waals surface area contributed by atoms with E-state index >= 15 is 0 Å². The minimum absolute atomic E-state index is 0.0301. The van der Waals surface area contributed by atoms with E-state index in [0.717, 1.165) is 22.6 Å². The van der Waals surface area contributed by atoms with Crippen molar-refractivity contribution in [3.8, 4) is 11.5 Å². The molecule has 126 valence electrons. The number of carbonyl (C=O) groups is 1. The van der Waals surface area contributed by atoms with Crippen LogP contribution in [0, 0.1) is 0 Å². The molecule has 0 fully saturated rings. The first kappa shape index (κ1) is 16.3. The zero-order valence-corrected chi connectivity index (χ0v) is 14.3. The summed E-state index contributed by atoms with van der Waals surface area (Å²) in [6, 6.07) is 5.48. The Kier molecular flexibility index (Phi) is 4.95. The molecule has 0 spiro atoms. The molecule has 24 heavy (non-hydrogen) atoms. The number of methoxy groups -OCH3 is 2. The third-order valence-electron chi connectivity index (χ3n) is 3.64. The van der Waals surface area contributed by atoms with Crippen LogP contribution in [0.3, 0.4) is 0 Å². The van der Waals surface area contributed by atoms with Gasteiger partial charge in [0.2, 0.25) is 10.9 Å². The monoisotopic (exact) mass is 346 g/mol. The molecule has 2 aromatic heterocycles. The van der Waals surface area contributed by atoms with Gasteiger partial charge in [0, 0.05) is 24.0 Å². The fourth-order valence-corrected chi connectivity index (χ4v) is 3.27. The van der Waals surface area contributed by atoms with Gasteiger partial charge in [0.05, 0.1) is 20.6 Å². The van der Waals surface area contributed by atoms with E-state index in [2.05, 4.69) is 15.5 Å². The van der Waals surface area contributed by atoms with Crippen LogP contribution in [-0.4, -0.2) is 41.3 Å². The molecule has 0 bridgehead atoms. The number of ether oxygens (including phenoxy) is 2. The Labute approximate surface area is 143 Å². The summed E-state index contributed by atoms with van der Waals surface area (Å²) in [4.78, 5) is 13.0. The second-order valence-electron chi connectivity index (χ2n) is 5.18. The van der Waals surface area contributed by atoms with Crippen LogP contribution >= 0.6 is 11.3 Å². The van der Waals surface area contributed by atoms with E-state index in [4.69, 9.17) is 9.47 Å². The lowest BCUT2D eigenvalue weighted by Crippen LogP contribution is -2.27. The Morgan fingerprint density at radius 2 is 2.12 bits per heavy atom. The molecule has 0 aliphatic carbocycles. The maximum Gasteiger partial charge on any atom is 0.224 e. The molecule has 0 saturated heterocycles. The SMILES string of the molecule is COc1ccc(CC(=O)NCCc2csc3nncn23)cc1OC. The van der Waals surface area contributed by atoms with Crippen LogP contribution in [0.5, 0.6) is 11.5 Å². The zero-order chi connectivity index (χ0) is 16.9. The number of thiazole rings is 1. The highest BCUT2D eigenvalue weighted by Crippen LogP contribution is 2.27. The lowest BCUT2D eigenvalue weighted by Gasteiger charge is -2.10. The van der Waals surface area contributed by atoms with Crippen molar-refractivity contribution in [1.29, 1.82) is 0 Å². The van der Waals surface area contributed by atoms with E-state index in [9.17, 15) is 4.79 Å². The van der Waals surface area contributed by atoms with Crippen LogP contribution in [0.2, 0.25) is 0 Å². The van der Waals surface area contributed by atoms with Crippen molar-refractivity contribution in [3.63, 3.8) is 0 Å². The fourth-order valence-electron chi connectivity index (χ4n) is 2.43. The molecular formula is C16H18N4O3S. The summed E-state index contributed by atoms with van der Waals surface area (Å²) in [5, 5.41) is 12.8. The summed E-state index contributed by atoms with van der Waals surface area (Å²) in [6.45, 7) is 0.566. The minimum atomic E-state index is -0.0301. The molecule has 3 rings (SSSR count). The van der Waals surface area contributed by atoms with E-state index in [1.165, 1.54) is 0 Å². The maximum absolute atomic E-state index is 12.1. The Hall–Kier alpha value is -2.61. The van der Waals surface area contributed by atoms with Crippen LogP contribution in [0.1, 0.15) is 11.3 Å². The van der Waals surface area contributed by atoms with Crippen LogP contribution in [-0.2, 0) is 17.6 Å². The van der Waals surface area contributed by atoms with Crippen LogP contribution in [0.15, 0.2) is 29.9 Å². The van der Waals surface area contributed by atoms with Crippen LogP contribution < -0.4 is 14.8 Å². The van der Waals surface area contributed by atoms with E-state index in [-0.39, 0.29) is 5.91 Å². The summed E-state index contributed by atoms with van der Waals surface area (Å²) in [6.07, 6.45) is 2.72. The van der Waals surface area contributed by atoms with Crippen molar-refractivity contribution < 1.29 is 14.3 Å². The number of carbonyl (C=O) groups excluding carboxylic acids is 1. The molecule has 0 aliphatic heterocycles. The fraction of sp³-hybridized carbons (Fsp3) is 0.312. The number of amides is 1. The first-order valence-corrected chi connectivity index (χ1v) is 8.33. The number of nitrogens with zero attached hydrogens (tertiary/aromatic N) is 3. The first-order chi connectivity index (χ1) is 11.7. The summed E-state index contributed by atoms with van der Waals surface area (Å²) in [7, 11) is 3.16. The number of benzene rings is 1. The summed E-state index contributed by atoms with van der Waals surface area (Å²) in [5.41, 5.74) is 1.97. The molecular weight excluding hydrogens is 328 g/mol. The molecule has 1 aromatic carbocycles. The molecule has 0 unspecified atom stereocenters. The summed E-state index contributed by atoms with van der Waals surface area (Å²) >= 11 is 1.54. The van der Waals surface area contributed by atoms with E-state index in [0.29, 0.717) is 24.5 Å². The number of fused-ring (bicyclic) bond motifs is 1. The van der Waals surface area contributed by atoms with Gasteiger partial charge in [-0.3, -0.25) is 9.20 Å². The lowest BCUT2D eigenvalue weighted by molar-refractivity contribution is -0.120. The van der Waals surface area contributed by atoms with Gasteiger partial charge in [-0.2, -0.15) is 0 Å². The summed E-state index contributed by atoms with van der Waals surface area (Å²) in [5.74, 6) is 1.24. The zero-order valence-electron chi connectivity index (χ0n) is 13.5. The van der Waals surface area contributed by atoms with E-state index in [1.54, 1.807) is 38.0 Å². The van der Waals surface area contributed by atoms with Crippen molar-refractivity contribution in [1.82, 2.24) is 19.9 Å². The Morgan fingerprint density at radius 3 is 2.92 bits per heavy atom. The van der Waals surface area contributed by atoms with Crippen LogP contribution in [0.4, 0.5) is 0 Å². The molecule has 7 nitrogen and oxygen atoms in total. The molecule has 0 atom stereocenters. The Bertz CT molecular complexity index is 843. The average molecular weight is 346 g/mol. The van der Waals surface area contributed by atoms with Gasteiger partial charge in [0.1, 0.15) is 6.33 Å². The topological polar surface area (TPSA) is 77.8 Å². The molecule has 1 N–H and O–H groups in total. The van der Waals surface area contributed by atoms with Gasteiger partial charge >= 0.3 is 0 Å². The van der Waals surface area contributed by atoms with Crippen LogP contribution in [0.25, 0.3) is 4.96 Å². The second kappa shape index (κ2) is 7.31. The number of rotatable bonds is 7. The van der Waals surface area contributed by atoms with Crippen molar-refractivity contribution in [2.75, 3.05) is 20.8 Å². The lowest BCUT2D eigenvalue weighted by atomic mass is 10.1. The van der Waals surface area contributed by atoms with E-state index in [1.807, 2.05) is 21.9 Å². The predicted molar refractivity (Wildman–Crippen MR) is 90.8 cm³/mol. The van der Waals surface area contributed by atoms with Gasteiger partial charge in [0.15, 0.2) is 11.5 Å². The highest BCUT2D eigenvalue weighted by Gasteiger charge is 2.09. The quantitative estimate of drug-likeness (QED) is 0.705. The predicted octanol–water partition coefficient (Wildman–Crippen LogP) is 1.71. The van der Waals surface area contributed by atoms with Gasteiger partial charge < -0.3 is 14.8 Å². The van der Waals surface area contributed by atoms with Crippen molar-refractivity contribution in [3.05, 3.63) is 41.2 Å². The molecule has 0 aliphatic rings. The van der Waals surface area contributed by atoms with Crippen molar-refractivity contribution in [2.24, 2.45) is 0 Å². The van der Waals surface area contributed by atoms with Crippen molar-refractivity contribution >= 4 is 22.2 Å². The average Bonchev–Trinajstić information content (AvgIpc) is 3.19. The normalized spacial score (nSPS) is 10.8. The highest BCUT2D eigenvalue weighted by molar-refractivity contribution is 7.15. The Morgan fingerprint density at radius 1 is 1.29 bits per heavy atom. The first-order valence-electron chi connectivity index (χ1n) is 7.45. The van der Waals surface area contributed by atoms with Crippen molar-refractivity contribution in [2.45, 2.75) is 12.8 Å². The second-order valence-corrected chi connectivity index (χ2v) is 6.01. The Balaban J connectivity index is 1.53. The van der Waals surface area contributed by atoms with Gasteiger partial charge in [-0.05, 0) is 17.7 Å². The number of nitrogens with one attached hydrogen (secondary N) is 1. The van der Waals surface area contributed by atoms with Gasteiger partial charge in [-0.1, -0.05) is 6.07 Å². The third-order valence-corrected chi connectivity index (χ3v) is 4.52. The molecule has 2 heterocycles. The molecule has 1 amide bonds. The van der Waals surface area contributed by atoms with Gasteiger partial charge in [-0.25, -0.2) is 0 Å². The number of hydrogen-bond donors (Lipinski definition) is 1. The number of hydrogen-bond acceptors (Lipinski definition) is 6.